The van der Waals surface area contributed by atoms with Crippen molar-refractivity contribution in [2.75, 3.05) is 26.2 Å². The molecule has 1 N–H and O–H groups in total. The lowest BCUT2D eigenvalue weighted by molar-refractivity contribution is 0.248. The van der Waals surface area contributed by atoms with Crippen LogP contribution in [0.1, 0.15) is 46.9 Å². The fourth-order valence-corrected chi connectivity index (χ4v) is 5.00. The minimum atomic E-state index is -0.238. The van der Waals surface area contributed by atoms with E-state index >= 15 is 0 Å². The van der Waals surface area contributed by atoms with E-state index in [9.17, 15) is 9.50 Å². The molecule has 1 fully saturated rings. The summed E-state index contributed by atoms with van der Waals surface area (Å²) in [4.78, 5) is 2.54. The van der Waals surface area contributed by atoms with Crippen LogP contribution in [0.25, 0.3) is 0 Å². The molecule has 4 heteroatoms. The van der Waals surface area contributed by atoms with E-state index < -0.39 is 0 Å². The Labute approximate surface area is 183 Å². The number of ether oxygens (including phenoxy) is 1. The molecule has 0 saturated carbocycles. The SMILES string of the molecule is Oc1ccc2c(c1)[C@H](c1ccc(CCN3CCCC3)cc1)[C@H](c1ccc(F)cc1)CO2. The predicted molar refractivity (Wildman–Crippen MR) is 120 cm³/mol. The van der Waals surface area contributed by atoms with Gasteiger partial charge < -0.3 is 14.7 Å². The number of fused-ring (bicyclic) bond motifs is 1. The lowest BCUT2D eigenvalue weighted by Crippen LogP contribution is -2.25. The first-order valence-electron chi connectivity index (χ1n) is 11.2. The van der Waals surface area contributed by atoms with Crippen molar-refractivity contribution in [3.8, 4) is 11.5 Å². The third-order valence-electron chi connectivity index (χ3n) is 6.70. The second-order valence-electron chi connectivity index (χ2n) is 8.71. The van der Waals surface area contributed by atoms with E-state index in [0.29, 0.717) is 6.61 Å². The highest BCUT2D eigenvalue weighted by Crippen LogP contribution is 2.47. The van der Waals surface area contributed by atoms with Gasteiger partial charge in [0.2, 0.25) is 0 Å². The van der Waals surface area contributed by atoms with Crippen LogP contribution in [0.15, 0.2) is 66.7 Å². The number of hydrogen-bond acceptors (Lipinski definition) is 3. The topological polar surface area (TPSA) is 32.7 Å². The molecule has 160 valence electrons. The molecule has 2 aliphatic rings. The number of hydrogen-bond donors (Lipinski definition) is 1. The Morgan fingerprint density at radius 3 is 2.35 bits per heavy atom. The zero-order valence-electron chi connectivity index (χ0n) is 17.6. The number of aromatic hydroxyl groups is 1. The van der Waals surface area contributed by atoms with Crippen molar-refractivity contribution in [3.63, 3.8) is 0 Å². The maximum atomic E-state index is 13.5. The van der Waals surface area contributed by atoms with Crippen molar-refractivity contribution in [2.24, 2.45) is 0 Å². The van der Waals surface area contributed by atoms with Gasteiger partial charge in [-0.05, 0) is 79.4 Å². The minimum absolute atomic E-state index is 0.0361. The van der Waals surface area contributed by atoms with E-state index in [-0.39, 0.29) is 23.4 Å². The van der Waals surface area contributed by atoms with Gasteiger partial charge in [-0.15, -0.1) is 0 Å². The van der Waals surface area contributed by atoms with Crippen LogP contribution in [0.3, 0.4) is 0 Å². The molecule has 3 nitrogen and oxygen atoms in total. The van der Waals surface area contributed by atoms with E-state index in [4.69, 9.17) is 4.74 Å². The molecule has 0 amide bonds. The molecule has 31 heavy (non-hydrogen) atoms. The van der Waals surface area contributed by atoms with E-state index in [1.165, 1.54) is 49.2 Å². The van der Waals surface area contributed by atoms with Gasteiger partial charge in [0.25, 0.3) is 0 Å². The Morgan fingerprint density at radius 1 is 0.903 bits per heavy atom. The summed E-state index contributed by atoms with van der Waals surface area (Å²) in [6.45, 7) is 4.08. The lowest BCUT2D eigenvalue weighted by atomic mass is 9.75. The van der Waals surface area contributed by atoms with Gasteiger partial charge in [0, 0.05) is 23.9 Å². The molecule has 0 radical (unpaired) electrons. The number of benzene rings is 3. The molecule has 3 aromatic rings. The molecule has 2 aliphatic heterocycles. The monoisotopic (exact) mass is 417 g/mol. The van der Waals surface area contributed by atoms with Crippen LogP contribution >= 0.6 is 0 Å². The summed E-state index contributed by atoms with van der Waals surface area (Å²) in [6, 6.07) is 20.9. The molecule has 0 aromatic heterocycles. The van der Waals surface area contributed by atoms with Crippen molar-refractivity contribution in [2.45, 2.75) is 31.1 Å². The van der Waals surface area contributed by atoms with E-state index in [2.05, 4.69) is 29.2 Å². The molecule has 1 saturated heterocycles. The maximum absolute atomic E-state index is 13.5. The van der Waals surface area contributed by atoms with Gasteiger partial charge in [0.15, 0.2) is 0 Å². The minimum Gasteiger partial charge on any atom is -0.508 e. The molecule has 2 atom stereocenters. The third-order valence-corrected chi connectivity index (χ3v) is 6.70. The number of phenols is 1. The first-order valence-corrected chi connectivity index (χ1v) is 11.2. The summed E-state index contributed by atoms with van der Waals surface area (Å²) in [5, 5.41) is 10.2. The summed E-state index contributed by atoms with van der Waals surface area (Å²) >= 11 is 0. The fourth-order valence-electron chi connectivity index (χ4n) is 5.00. The van der Waals surface area contributed by atoms with Gasteiger partial charge in [-0.3, -0.25) is 0 Å². The Morgan fingerprint density at radius 2 is 1.61 bits per heavy atom. The molecule has 0 aliphatic carbocycles. The van der Waals surface area contributed by atoms with Crippen LogP contribution in [0.5, 0.6) is 11.5 Å². The molecule has 0 bridgehead atoms. The van der Waals surface area contributed by atoms with Crippen LogP contribution in [0.4, 0.5) is 4.39 Å². The smallest absolute Gasteiger partial charge is 0.123 e. The fraction of sp³-hybridized carbons (Fsp3) is 0.333. The van der Waals surface area contributed by atoms with E-state index in [1.54, 1.807) is 12.1 Å². The van der Waals surface area contributed by atoms with Gasteiger partial charge >= 0.3 is 0 Å². The van der Waals surface area contributed by atoms with Crippen LogP contribution in [-0.2, 0) is 6.42 Å². The van der Waals surface area contributed by atoms with Crippen LogP contribution in [0.2, 0.25) is 0 Å². The molecule has 0 spiro atoms. The molecular formula is C27H28FNO2. The molecular weight excluding hydrogens is 389 g/mol. The van der Waals surface area contributed by atoms with Gasteiger partial charge in [-0.2, -0.15) is 0 Å². The van der Waals surface area contributed by atoms with Gasteiger partial charge in [-0.25, -0.2) is 4.39 Å². The largest absolute Gasteiger partial charge is 0.508 e. The van der Waals surface area contributed by atoms with Crippen molar-refractivity contribution in [3.05, 3.63) is 94.8 Å². The first kappa shape index (κ1) is 20.1. The van der Waals surface area contributed by atoms with Crippen LogP contribution in [0, 0.1) is 5.82 Å². The Bertz CT molecular complexity index is 1030. The predicted octanol–water partition coefficient (Wildman–Crippen LogP) is 5.48. The Hall–Kier alpha value is -2.85. The Balaban J connectivity index is 1.45. The number of halogens is 1. The molecule has 0 unspecified atom stereocenters. The number of nitrogens with zero attached hydrogens (tertiary/aromatic N) is 1. The highest BCUT2D eigenvalue weighted by Gasteiger charge is 2.33. The van der Waals surface area contributed by atoms with Gasteiger partial charge in [-0.1, -0.05) is 36.4 Å². The van der Waals surface area contributed by atoms with Crippen molar-refractivity contribution in [1.29, 1.82) is 0 Å². The van der Waals surface area contributed by atoms with Gasteiger partial charge in [0.1, 0.15) is 17.3 Å². The third kappa shape index (κ3) is 4.31. The average Bonchev–Trinajstić information content (AvgIpc) is 3.32. The van der Waals surface area contributed by atoms with Crippen molar-refractivity contribution in [1.82, 2.24) is 4.90 Å². The number of phenolic OH excluding ortho intramolecular Hbond substituents is 1. The first-order chi connectivity index (χ1) is 15.2. The molecule has 5 rings (SSSR count). The summed E-state index contributed by atoms with van der Waals surface area (Å²) in [6.07, 6.45) is 3.70. The van der Waals surface area contributed by atoms with E-state index in [1.807, 2.05) is 18.2 Å². The summed E-state index contributed by atoms with van der Waals surface area (Å²) in [5.74, 6) is 0.880. The summed E-state index contributed by atoms with van der Waals surface area (Å²) < 4.78 is 19.6. The van der Waals surface area contributed by atoms with Crippen molar-refractivity contribution < 1.29 is 14.2 Å². The highest BCUT2D eigenvalue weighted by atomic mass is 19.1. The highest BCUT2D eigenvalue weighted by molar-refractivity contribution is 5.50. The summed E-state index contributed by atoms with van der Waals surface area (Å²) in [5.41, 5.74) is 4.55. The van der Waals surface area contributed by atoms with Crippen LogP contribution < -0.4 is 4.74 Å². The standard InChI is InChI=1S/C27H28FNO2/c28-22-9-7-20(8-10-22)25-18-31-26-12-11-23(30)17-24(26)27(25)21-5-3-19(4-6-21)13-16-29-14-1-2-15-29/h3-12,17,25,27,30H,1-2,13-16,18H2/t25-,27-/m0/s1. The molecule has 3 aromatic carbocycles. The van der Waals surface area contributed by atoms with E-state index in [0.717, 1.165) is 29.8 Å². The average molecular weight is 418 g/mol. The maximum Gasteiger partial charge on any atom is 0.123 e. The molecule has 2 heterocycles. The second-order valence-corrected chi connectivity index (χ2v) is 8.71. The number of rotatable bonds is 5. The quantitative estimate of drug-likeness (QED) is 0.597. The normalized spacial score (nSPS) is 20.9. The zero-order valence-corrected chi connectivity index (χ0v) is 17.6. The van der Waals surface area contributed by atoms with Crippen LogP contribution in [-0.4, -0.2) is 36.2 Å². The second kappa shape index (κ2) is 8.72. The Kier molecular flexibility index (Phi) is 5.65. The number of likely N-dealkylation sites (tertiary alicyclic amines) is 1. The van der Waals surface area contributed by atoms with Crippen molar-refractivity contribution >= 4 is 0 Å². The lowest BCUT2D eigenvalue weighted by Gasteiger charge is -2.34. The zero-order chi connectivity index (χ0) is 21.2. The van der Waals surface area contributed by atoms with Gasteiger partial charge in [0.05, 0.1) is 6.61 Å². The summed E-state index contributed by atoms with van der Waals surface area (Å²) in [7, 11) is 0.